The van der Waals surface area contributed by atoms with Crippen LogP contribution in [0.25, 0.3) is 10.9 Å². The second-order valence-corrected chi connectivity index (χ2v) is 7.71. The van der Waals surface area contributed by atoms with E-state index in [1.165, 1.54) is 62.5 Å². The van der Waals surface area contributed by atoms with Crippen molar-refractivity contribution in [1.29, 1.82) is 0 Å². The van der Waals surface area contributed by atoms with Crippen molar-refractivity contribution in [2.45, 2.75) is 57.9 Å². The molecule has 118 valence electrons. The summed E-state index contributed by atoms with van der Waals surface area (Å²) in [4.78, 5) is 5.63. The molecule has 1 aromatic carbocycles. The van der Waals surface area contributed by atoms with E-state index in [-0.39, 0.29) is 0 Å². The van der Waals surface area contributed by atoms with E-state index in [2.05, 4.69) is 43.1 Å². The number of H-pyrrole nitrogens is 1. The Labute approximate surface area is 133 Å². The smallest absolute Gasteiger partial charge is 0.136 e. The van der Waals surface area contributed by atoms with Crippen molar-refractivity contribution in [2.24, 2.45) is 5.92 Å². The average molecular weight is 297 g/mol. The van der Waals surface area contributed by atoms with Gasteiger partial charge < -0.3 is 9.88 Å². The van der Waals surface area contributed by atoms with E-state index in [9.17, 15) is 0 Å². The molecule has 0 aliphatic carbocycles. The molecule has 0 bridgehead atoms. The van der Waals surface area contributed by atoms with Crippen LogP contribution < -0.4 is 4.90 Å². The monoisotopic (exact) mass is 297 g/mol. The van der Waals surface area contributed by atoms with Crippen LogP contribution in [-0.2, 0) is 12.0 Å². The molecule has 0 radical (unpaired) electrons. The van der Waals surface area contributed by atoms with Crippen molar-refractivity contribution in [3.8, 4) is 0 Å². The number of nitrogens with one attached hydrogen (secondary N) is 2. The number of aromatic amines is 1. The lowest BCUT2D eigenvalue weighted by Gasteiger charge is -2.47. The van der Waals surface area contributed by atoms with Crippen LogP contribution in [-0.4, -0.2) is 18.1 Å². The molecule has 3 heterocycles. The van der Waals surface area contributed by atoms with E-state index in [1.807, 2.05) is 4.90 Å². The summed E-state index contributed by atoms with van der Waals surface area (Å²) >= 11 is 0. The molecule has 2 aromatic rings. The zero-order valence-corrected chi connectivity index (χ0v) is 14.0. The summed E-state index contributed by atoms with van der Waals surface area (Å²) in [6, 6.07) is 8.87. The van der Waals surface area contributed by atoms with E-state index in [4.69, 9.17) is 0 Å². The van der Waals surface area contributed by atoms with Gasteiger partial charge in [0.2, 0.25) is 0 Å². The summed E-state index contributed by atoms with van der Waals surface area (Å²) in [5.41, 5.74) is 4.80. The second-order valence-electron chi connectivity index (χ2n) is 7.71. The molecule has 0 amide bonds. The maximum Gasteiger partial charge on any atom is 0.136 e. The largest absolute Gasteiger partial charge is 0.353 e. The number of piperidine rings is 1. The Balaban J connectivity index is 1.67. The molecule has 2 aliphatic rings. The SMILES string of the molecule is CCCCC1CCC2(C)c3[nH]c4ccccc4c3CC[NH+]2C1. The number of hydrogen-bond donors (Lipinski definition) is 2. The Morgan fingerprint density at radius 2 is 2.18 bits per heavy atom. The second kappa shape index (κ2) is 5.42. The lowest BCUT2D eigenvalue weighted by atomic mass is 9.76. The molecule has 3 unspecified atom stereocenters. The maximum atomic E-state index is 3.79. The van der Waals surface area contributed by atoms with Crippen molar-refractivity contribution in [1.82, 2.24) is 4.98 Å². The first-order chi connectivity index (χ1) is 10.7. The topological polar surface area (TPSA) is 20.2 Å². The van der Waals surface area contributed by atoms with Crippen LogP contribution >= 0.6 is 0 Å². The lowest BCUT2D eigenvalue weighted by Crippen LogP contribution is -3.20. The zero-order chi connectivity index (χ0) is 15.2. The van der Waals surface area contributed by atoms with Crippen LogP contribution in [0.2, 0.25) is 0 Å². The van der Waals surface area contributed by atoms with Crippen molar-refractivity contribution in [2.75, 3.05) is 13.1 Å². The third-order valence-electron chi connectivity index (χ3n) is 6.38. The first-order valence-corrected chi connectivity index (χ1v) is 9.17. The molecule has 2 nitrogen and oxygen atoms in total. The molecule has 3 atom stereocenters. The van der Waals surface area contributed by atoms with Gasteiger partial charge in [-0.1, -0.05) is 38.0 Å². The molecule has 0 saturated carbocycles. The predicted molar refractivity (Wildman–Crippen MR) is 92.3 cm³/mol. The van der Waals surface area contributed by atoms with E-state index in [1.54, 1.807) is 11.3 Å². The molecule has 2 N–H and O–H groups in total. The number of benzene rings is 1. The molecule has 2 heteroatoms. The van der Waals surface area contributed by atoms with Gasteiger partial charge in [0.1, 0.15) is 5.54 Å². The number of hydrogen-bond acceptors (Lipinski definition) is 0. The Morgan fingerprint density at radius 3 is 3.05 bits per heavy atom. The molecule has 0 spiro atoms. The van der Waals surface area contributed by atoms with Gasteiger partial charge in [-0.2, -0.15) is 0 Å². The Kier molecular flexibility index (Phi) is 3.53. The van der Waals surface area contributed by atoms with Gasteiger partial charge in [-0.25, -0.2) is 0 Å². The van der Waals surface area contributed by atoms with Crippen LogP contribution in [0.3, 0.4) is 0 Å². The highest BCUT2D eigenvalue weighted by Crippen LogP contribution is 2.37. The summed E-state index contributed by atoms with van der Waals surface area (Å²) in [6.45, 7) is 7.52. The maximum absolute atomic E-state index is 3.79. The summed E-state index contributed by atoms with van der Waals surface area (Å²) in [5, 5.41) is 1.46. The fourth-order valence-corrected chi connectivity index (χ4v) is 4.97. The summed E-state index contributed by atoms with van der Waals surface area (Å²) in [6.07, 6.45) is 8.19. The molecule has 22 heavy (non-hydrogen) atoms. The van der Waals surface area contributed by atoms with Crippen LogP contribution in [0.1, 0.15) is 57.2 Å². The van der Waals surface area contributed by atoms with Crippen LogP contribution in [0.4, 0.5) is 0 Å². The predicted octanol–water partition coefficient (Wildman–Crippen LogP) is 3.42. The van der Waals surface area contributed by atoms with Crippen LogP contribution in [0, 0.1) is 5.92 Å². The molecule has 1 saturated heterocycles. The number of quaternary nitrogens is 1. The van der Waals surface area contributed by atoms with E-state index < -0.39 is 0 Å². The van der Waals surface area contributed by atoms with Gasteiger partial charge in [0.25, 0.3) is 0 Å². The summed E-state index contributed by atoms with van der Waals surface area (Å²) < 4.78 is 0. The number of aromatic nitrogens is 1. The minimum absolute atomic E-state index is 0.315. The third kappa shape index (κ3) is 2.11. The quantitative estimate of drug-likeness (QED) is 0.866. The first-order valence-electron chi connectivity index (χ1n) is 9.17. The highest BCUT2D eigenvalue weighted by molar-refractivity contribution is 5.85. The number of rotatable bonds is 3. The third-order valence-corrected chi connectivity index (χ3v) is 6.38. The van der Waals surface area contributed by atoms with Gasteiger partial charge in [0.05, 0.1) is 18.8 Å². The first kappa shape index (κ1) is 14.3. The van der Waals surface area contributed by atoms with E-state index in [0.29, 0.717) is 5.54 Å². The highest BCUT2D eigenvalue weighted by atomic mass is 15.2. The Bertz CT molecular complexity index is 671. The van der Waals surface area contributed by atoms with Crippen molar-refractivity contribution in [3.05, 3.63) is 35.5 Å². The number of unbranched alkanes of at least 4 members (excludes halogenated alkanes) is 1. The summed E-state index contributed by atoms with van der Waals surface area (Å²) in [7, 11) is 0. The molecular weight excluding hydrogens is 268 g/mol. The van der Waals surface area contributed by atoms with Gasteiger partial charge >= 0.3 is 0 Å². The van der Waals surface area contributed by atoms with Gasteiger partial charge in [0.15, 0.2) is 0 Å². The van der Waals surface area contributed by atoms with Crippen LogP contribution in [0.15, 0.2) is 24.3 Å². The lowest BCUT2D eigenvalue weighted by molar-refractivity contribution is -0.970. The molecule has 2 aliphatic heterocycles. The van der Waals surface area contributed by atoms with Crippen molar-refractivity contribution < 1.29 is 4.90 Å². The number of para-hydroxylation sites is 1. The number of fused-ring (bicyclic) bond motifs is 5. The average Bonchev–Trinajstić information content (AvgIpc) is 2.93. The van der Waals surface area contributed by atoms with E-state index >= 15 is 0 Å². The molecule has 1 fully saturated rings. The van der Waals surface area contributed by atoms with Gasteiger partial charge in [-0.15, -0.1) is 0 Å². The Morgan fingerprint density at radius 1 is 1.32 bits per heavy atom. The molecule has 4 rings (SSSR count). The minimum atomic E-state index is 0.315. The molecule has 1 aromatic heterocycles. The summed E-state index contributed by atoms with van der Waals surface area (Å²) in [5.74, 6) is 0.953. The fraction of sp³-hybridized carbons (Fsp3) is 0.600. The highest BCUT2D eigenvalue weighted by Gasteiger charge is 2.47. The van der Waals surface area contributed by atoms with Crippen molar-refractivity contribution in [3.63, 3.8) is 0 Å². The van der Waals surface area contributed by atoms with Gasteiger partial charge in [0, 0.05) is 29.7 Å². The van der Waals surface area contributed by atoms with Crippen molar-refractivity contribution >= 4 is 10.9 Å². The van der Waals surface area contributed by atoms with Crippen LogP contribution in [0.5, 0.6) is 0 Å². The van der Waals surface area contributed by atoms with E-state index in [0.717, 1.165) is 5.92 Å². The zero-order valence-electron chi connectivity index (χ0n) is 14.0. The fourth-order valence-electron chi connectivity index (χ4n) is 4.97. The molecular formula is C20H29N2+. The Hall–Kier alpha value is -1.28. The standard InChI is InChI=1S/C20H28N2/c1-3-4-7-15-10-12-20(2)19-17(11-13-22(20)14-15)16-8-5-6-9-18(16)21-19/h5-6,8-9,15,21H,3-4,7,10-14H2,1-2H3/p+1. The minimum Gasteiger partial charge on any atom is -0.353 e. The van der Waals surface area contributed by atoms with Gasteiger partial charge in [-0.3, -0.25) is 0 Å². The van der Waals surface area contributed by atoms with Gasteiger partial charge in [-0.05, 0) is 31.4 Å². The normalized spacial score (nSPS) is 31.0.